The quantitative estimate of drug-likeness (QED) is 0.128. The van der Waals surface area contributed by atoms with Gasteiger partial charge in [-0.15, -0.1) is 0 Å². The molecule has 330 valence electrons. The summed E-state index contributed by atoms with van der Waals surface area (Å²) in [6.07, 6.45) is 2.20. The second kappa shape index (κ2) is 20.7. The lowest BCUT2D eigenvalue weighted by Crippen LogP contribution is -2.62. The Labute approximate surface area is 356 Å². The van der Waals surface area contributed by atoms with Gasteiger partial charge in [-0.2, -0.15) is 12.6 Å². The number of thiol groups is 1. The van der Waals surface area contributed by atoms with Crippen LogP contribution in [0.15, 0.2) is 30.5 Å². The highest BCUT2D eigenvalue weighted by molar-refractivity contribution is 7.81. The van der Waals surface area contributed by atoms with Gasteiger partial charge in [-0.1, -0.05) is 93.9 Å². The Balaban J connectivity index is 1.76. The number of benzene rings is 1. The maximum atomic E-state index is 14.4. The van der Waals surface area contributed by atoms with Crippen LogP contribution in [0.25, 0.3) is 10.9 Å². The SMILES string of the molecule is CC[C@H](C)[C@H]1NC(=O)[C@H](C(C)(C)S)NCC(C(C)C)NC(=O)[C@@H](Cc2c[nH]c3ccccc23)NC(=O)[C@H](C(C)C)NC(=O)[C@@H](CC(C)C)NC(=O)[C@H](C(C)C)NC2OC21. The molecule has 59 heavy (non-hydrogen) atoms. The van der Waals surface area contributed by atoms with Crippen LogP contribution in [0.5, 0.6) is 0 Å². The number of ether oxygens (including phenoxy) is 1. The van der Waals surface area contributed by atoms with Crippen molar-refractivity contribution in [2.45, 2.75) is 162 Å². The van der Waals surface area contributed by atoms with Crippen molar-refractivity contribution >= 4 is 53.1 Å². The molecule has 2 saturated heterocycles. The van der Waals surface area contributed by atoms with Crippen LogP contribution in [0.1, 0.15) is 101 Å². The number of fused-ring (bicyclic) bond motifs is 2. The standard InChI is InChI=1S/C44H72N8O6S/c1-13-26(10)35-36-43(58-36)52-34(25(8)9)41(56)47-30(18-22(2)3)39(54)50-33(24(6)7)40(55)48-31(19-27-20-45-29-17-15-14-16-28(27)29)38(53)49-32(23(4)5)21-46-37(42(57)51-35)44(11,12)59/h14-17,20,22-26,30-37,43,45-46,52,59H,13,18-19,21H2,1-12H3,(H,47,56)(H,48,55)(H,49,53)(H,50,54)(H,51,57)/t26-,30+,31+,32?,33-,34-,35+,36?,37+,43?/m0/s1. The third-order valence-electron chi connectivity index (χ3n) is 11.7. The highest BCUT2D eigenvalue weighted by Crippen LogP contribution is 2.31. The molecule has 2 aliphatic heterocycles. The van der Waals surface area contributed by atoms with Gasteiger partial charge < -0.3 is 41.6 Å². The van der Waals surface area contributed by atoms with Gasteiger partial charge in [0.15, 0.2) is 0 Å². The lowest BCUT2D eigenvalue weighted by Gasteiger charge is -2.35. The number of carbonyl (C=O) groups is 5. The average Bonchev–Trinajstić information content (AvgIpc) is 3.80. The summed E-state index contributed by atoms with van der Waals surface area (Å²) < 4.78 is 5.35. The van der Waals surface area contributed by atoms with Crippen LogP contribution in [0.2, 0.25) is 0 Å². The van der Waals surface area contributed by atoms with Gasteiger partial charge in [-0.25, -0.2) is 0 Å². The van der Waals surface area contributed by atoms with E-state index in [0.29, 0.717) is 6.42 Å². The first-order valence-corrected chi connectivity index (χ1v) is 22.0. The van der Waals surface area contributed by atoms with E-state index in [2.05, 4.69) is 56.0 Å². The van der Waals surface area contributed by atoms with Crippen molar-refractivity contribution in [2.24, 2.45) is 29.6 Å². The number of hydrogen-bond donors (Lipinski definition) is 9. The van der Waals surface area contributed by atoms with E-state index in [-0.39, 0.29) is 60.4 Å². The molecule has 10 atom stereocenters. The summed E-state index contributed by atoms with van der Waals surface area (Å²) in [6.45, 7) is 23.5. The Morgan fingerprint density at radius 3 is 1.95 bits per heavy atom. The van der Waals surface area contributed by atoms with Gasteiger partial charge in [0.25, 0.3) is 0 Å². The van der Waals surface area contributed by atoms with E-state index < -0.39 is 71.1 Å². The van der Waals surface area contributed by atoms with Crippen molar-refractivity contribution in [3.8, 4) is 0 Å². The second-order valence-corrected chi connectivity index (χ2v) is 19.9. The van der Waals surface area contributed by atoms with Gasteiger partial charge in [0.05, 0.1) is 12.1 Å². The molecule has 15 heteroatoms. The minimum absolute atomic E-state index is 0.0381. The fourth-order valence-electron chi connectivity index (χ4n) is 7.72. The lowest BCUT2D eigenvalue weighted by atomic mass is 9.93. The van der Waals surface area contributed by atoms with Gasteiger partial charge in [0.1, 0.15) is 36.5 Å². The second-order valence-electron chi connectivity index (χ2n) is 18.7. The number of H-pyrrole nitrogens is 1. The molecular weight excluding hydrogens is 769 g/mol. The van der Waals surface area contributed by atoms with Gasteiger partial charge in [-0.05, 0) is 61.5 Å². The minimum atomic E-state index is -1.02. The summed E-state index contributed by atoms with van der Waals surface area (Å²) in [5, 5.41) is 23.0. The molecule has 3 heterocycles. The predicted molar refractivity (Wildman–Crippen MR) is 236 cm³/mol. The molecule has 1 aromatic carbocycles. The van der Waals surface area contributed by atoms with E-state index in [1.165, 1.54) is 0 Å². The molecule has 2 aromatic rings. The summed E-state index contributed by atoms with van der Waals surface area (Å²) in [5.74, 6) is -2.56. The minimum Gasteiger partial charge on any atom is -0.361 e. The van der Waals surface area contributed by atoms with E-state index in [0.717, 1.165) is 22.9 Å². The highest BCUT2D eigenvalue weighted by atomic mass is 32.1. The van der Waals surface area contributed by atoms with Crippen molar-refractivity contribution in [3.63, 3.8) is 0 Å². The topological polar surface area (TPSA) is 198 Å². The summed E-state index contributed by atoms with van der Waals surface area (Å²) in [6, 6.07) is 2.49. The van der Waals surface area contributed by atoms with Crippen LogP contribution in [0.3, 0.4) is 0 Å². The normalized spacial score (nSPS) is 29.2. The molecule has 2 aliphatic rings. The Morgan fingerprint density at radius 1 is 0.746 bits per heavy atom. The number of aromatic nitrogens is 1. The Bertz CT molecular complexity index is 1760. The molecule has 2 fully saturated rings. The molecule has 8 N–H and O–H groups in total. The molecule has 0 spiro atoms. The molecule has 14 nitrogen and oxygen atoms in total. The fourth-order valence-corrected chi connectivity index (χ4v) is 7.93. The summed E-state index contributed by atoms with van der Waals surface area (Å²) in [4.78, 5) is 74.4. The third kappa shape index (κ3) is 12.9. The van der Waals surface area contributed by atoms with Crippen molar-refractivity contribution in [1.82, 2.24) is 42.2 Å². The van der Waals surface area contributed by atoms with Crippen LogP contribution < -0.4 is 37.2 Å². The molecule has 0 bridgehead atoms. The first-order valence-electron chi connectivity index (χ1n) is 21.6. The van der Waals surface area contributed by atoms with Crippen LogP contribution in [-0.4, -0.2) is 100 Å². The van der Waals surface area contributed by atoms with Crippen LogP contribution >= 0.6 is 12.6 Å². The van der Waals surface area contributed by atoms with Crippen molar-refractivity contribution in [3.05, 3.63) is 36.0 Å². The smallest absolute Gasteiger partial charge is 0.243 e. The lowest BCUT2D eigenvalue weighted by molar-refractivity contribution is -0.135. The highest BCUT2D eigenvalue weighted by Gasteiger charge is 2.50. The van der Waals surface area contributed by atoms with Crippen molar-refractivity contribution < 1.29 is 28.7 Å². The zero-order valence-corrected chi connectivity index (χ0v) is 38.1. The maximum Gasteiger partial charge on any atom is 0.243 e. The molecule has 0 radical (unpaired) electrons. The Hall–Kier alpha value is -3.66. The molecule has 4 rings (SSSR count). The molecule has 1 aromatic heterocycles. The van der Waals surface area contributed by atoms with Crippen molar-refractivity contribution in [2.75, 3.05) is 6.54 Å². The number of hydrogen-bond acceptors (Lipinski definition) is 9. The third-order valence-corrected chi connectivity index (χ3v) is 12.0. The molecule has 5 amide bonds. The van der Waals surface area contributed by atoms with E-state index in [9.17, 15) is 24.0 Å². The van der Waals surface area contributed by atoms with Crippen LogP contribution in [-0.2, 0) is 35.1 Å². The van der Waals surface area contributed by atoms with Gasteiger partial charge in [0, 0.05) is 40.9 Å². The Kier molecular flexibility index (Phi) is 16.9. The summed E-state index contributed by atoms with van der Waals surface area (Å²) in [7, 11) is 0. The number of aromatic amines is 1. The first-order chi connectivity index (χ1) is 27.6. The molecule has 3 unspecified atom stereocenters. The van der Waals surface area contributed by atoms with Crippen molar-refractivity contribution in [1.29, 1.82) is 0 Å². The summed E-state index contributed by atoms with van der Waals surface area (Å²) in [5.41, 5.74) is 1.74. The van der Waals surface area contributed by atoms with E-state index in [1.54, 1.807) is 0 Å². The average molecular weight is 841 g/mol. The van der Waals surface area contributed by atoms with Crippen LogP contribution in [0, 0.1) is 29.6 Å². The number of amides is 5. The fraction of sp³-hybridized carbons (Fsp3) is 0.705. The summed E-state index contributed by atoms with van der Waals surface area (Å²) >= 11 is 4.85. The molecule has 0 saturated carbocycles. The largest absolute Gasteiger partial charge is 0.361 e. The van der Waals surface area contributed by atoms with Gasteiger partial charge in [-0.3, -0.25) is 29.3 Å². The van der Waals surface area contributed by atoms with E-state index in [1.807, 2.05) is 99.7 Å². The van der Waals surface area contributed by atoms with E-state index >= 15 is 0 Å². The van der Waals surface area contributed by atoms with Gasteiger partial charge in [0.2, 0.25) is 29.5 Å². The number of epoxide rings is 1. The zero-order chi connectivity index (χ0) is 43.9. The maximum absolute atomic E-state index is 14.4. The predicted octanol–water partition coefficient (Wildman–Crippen LogP) is 3.56. The molecular formula is C44H72N8O6S. The van der Waals surface area contributed by atoms with Crippen LogP contribution in [0.4, 0.5) is 0 Å². The number of para-hydroxylation sites is 1. The van der Waals surface area contributed by atoms with E-state index in [4.69, 9.17) is 17.4 Å². The Morgan fingerprint density at radius 2 is 1.36 bits per heavy atom. The number of rotatable bonds is 10. The number of nitrogens with one attached hydrogen (secondary N) is 8. The monoisotopic (exact) mass is 841 g/mol. The molecule has 0 aliphatic carbocycles. The van der Waals surface area contributed by atoms with Gasteiger partial charge >= 0.3 is 0 Å². The first kappa shape index (κ1) is 48.0. The zero-order valence-electron chi connectivity index (χ0n) is 37.2. The number of carbonyl (C=O) groups excluding carboxylic acids is 5.